The predicted octanol–water partition coefficient (Wildman–Crippen LogP) is -0.530. The fraction of sp³-hybridized carbons (Fsp3) is 0.833. The summed E-state index contributed by atoms with van der Waals surface area (Å²) in [4.78, 5) is 10.5. The number of nitrogens with one attached hydrogen (secondary N) is 1. The van der Waals surface area contributed by atoms with E-state index in [2.05, 4.69) is 12.2 Å². The molecule has 3 heteroatoms. The highest BCUT2D eigenvalue weighted by atomic mass is 16.1. The van der Waals surface area contributed by atoms with Gasteiger partial charge in [0.2, 0.25) is 5.91 Å². The van der Waals surface area contributed by atoms with Gasteiger partial charge in [-0.25, -0.2) is 0 Å². The first-order chi connectivity index (χ1) is 4.20. The van der Waals surface area contributed by atoms with Gasteiger partial charge in [0.1, 0.15) is 0 Å². The fourth-order valence-electron chi connectivity index (χ4n) is 1.13. The van der Waals surface area contributed by atoms with Gasteiger partial charge in [-0.1, -0.05) is 6.92 Å². The van der Waals surface area contributed by atoms with Crippen molar-refractivity contribution in [1.29, 1.82) is 0 Å². The van der Waals surface area contributed by atoms with Gasteiger partial charge >= 0.3 is 0 Å². The molecule has 52 valence electrons. The Morgan fingerprint density at radius 1 is 1.78 bits per heavy atom. The van der Waals surface area contributed by atoms with Gasteiger partial charge in [0.25, 0.3) is 0 Å². The van der Waals surface area contributed by atoms with Crippen molar-refractivity contribution < 1.29 is 4.79 Å². The van der Waals surface area contributed by atoms with Crippen molar-refractivity contribution in [2.24, 2.45) is 11.7 Å². The van der Waals surface area contributed by atoms with Crippen molar-refractivity contribution in [2.75, 3.05) is 6.54 Å². The molecule has 0 spiro atoms. The van der Waals surface area contributed by atoms with E-state index in [9.17, 15) is 4.79 Å². The second-order valence-corrected chi connectivity index (χ2v) is 2.70. The summed E-state index contributed by atoms with van der Waals surface area (Å²) in [6, 6.07) is -0.0694. The minimum absolute atomic E-state index is 0.0694. The van der Waals surface area contributed by atoms with E-state index in [0.717, 1.165) is 13.0 Å². The van der Waals surface area contributed by atoms with Crippen LogP contribution in [0.5, 0.6) is 0 Å². The summed E-state index contributed by atoms with van der Waals surface area (Å²) >= 11 is 0. The molecule has 3 nitrogen and oxygen atoms in total. The van der Waals surface area contributed by atoms with Gasteiger partial charge in [0, 0.05) is 0 Å². The van der Waals surface area contributed by atoms with Crippen LogP contribution in [0.25, 0.3) is 0 Å². The molecule has 1 fully saturated rings. The van der Waals surface area contributed by atoms with Crippen LogP contribution >= 0.6 is 0 Å². The third-order valence-electron chi connectivity index (χ3n) is 1.69. The molecular formula is C6H12N2O. The van der Waals surface area contributed by atoms with E-state index in [4.69, 9.17) is 5.73 Å². The molecule has 0 aromatic heterocycles. The lowest BCUT2D eigenvalue weighted by atomic mass is 10.1. The van der Waals surface area contributed by atoms with E-state index in [1.165, 1.54) is 0 Å². The Balaban J connectivity index is 2.39. The van der Waals surface area contributed by atoms with E-state index in [1.807, 2.05) is 0 Å². The van der Waals surface area contributed by atoms with Crippen molar-refractivity contribution in [1.82, 2.24) is 5.32 Å². The lowest BCUT2D eigenvalue weighted by Gasteiger charge is -2.01. The largest absolute Gasteiger partial charge is 0.368 e. The van der Waals surface area contributed by atoms with E-state index in [-0.39, 0.29) is 11.9 Å². The molecule has 1 heterocycles. The van der Waals surface area contributed by atoms with Gasteiger partial charge in [-0.05, 0) is 18.9 Å². The average Bonchev–Trinajstić information content (AvgIpc) is 2.14. The van der Waals surface area contributed by atoms with Crippen LogP contribution in [0.3, 0.4) is 0 Å². The molecule has 1 rings (SSSR count). The summed E-state index contributed by atoms with van der Waals surface area (Å²) in [5.74, 6) is 0.377. The van der Waals surface area contributed by atoms with Crippen molar-refractivity contribution in [3.63, 3.8) is 0 Å². The van der Waals surface area contributed by atoms with Crippen LogP contribution in [0.2, 0.25) is 0 Å². The molecule has 2 atom stereocenters. The first-order valence-corrected chi connectivity index (χ1v) is 3.23. The third-order valence-corrected chi connectivity index (χ3v) is 1.69. The van der Waals surface area contributed by atoms with Crippen molar-refractivity contribution in [3.8, 4) is 0 Å². The van der Waals surface area contributed by atoms with Gasteiger partial charge in [-0.15, -0.1) is 0 Å². The van der Waals surface area contributed by atoms with Gasteiger partial charge < -0.3 is 11.1 Å². The Labute approximate surface area is 54.6 Å². The molecule has 1 aliphatic heterocycles. The highest BCUT2D eigenvalue weighted by molar-refractivity contribution is 5.80. The number of hydrogen-bond acceptors (Lipinski definition) is 2. The fourth-order valence-corrected chi connectivity index (χ4v) is 1.13. The summed E-state index contributed by atoms with van der Waals surface area (Å²) in [6.45, 7) is 3.03. The number of amides is 1. The molecule has 0 saturated carbocycles. The first-order valence-electron chi connectivity index (χ1n) is 3.23. The predicted molar refractivity (Wildman–Crippen MR) is 34.8 cm³/mol. The Bertz CT molecular complexity index is 124. The highest BCUT2D eigenvalue weighted by Crippen LogP contribution is 2.11. The number of carbonyl (C=O) groups excluding carboxylic acids is 1. The topological polar surface area (TPSA) is 55.1 Å². The molecule has 2 unspecified atom stereocenters. The number of nitrogens with two attached hydrogens (primary N) is 1. The third kappa shape index (κ3) is 1.42. The van der Waals surface area contributed by atoms with Crippen molar-refractivity contribution in [2.45, 2.75) is 19.4 Å². The summed E-state index contributed by atoms with van der Waals surface area (Å²) in [7, 11) is 0. The molecule has 0 aromatic carbocycles. The van der Waals surface area contributed by atoms with Crippen molar-refractivity contribution >= 4 is 5.91 Å². The van der Waals surface area contributed by atoms with Crippen LogP contribution in [0.4, 0.5) is 0 Å². The van der Waals surface area contributed by atoms with E-state index >= 15 is 0 Å². The summed E-state index contributed by atoms with van der Waals surface area (Å²) in [6.07, 6.45) is 0.898. The van der Waals surface area contributed by atoms with E-state index in [1.54, 1.807) is 0 Å². The zero-order valence-corrected chi connectivity index (χ0v) is 5.55. The number of primary amides is 1. The lowest BCUT2D eigenvalue weighted by molar-refractivity contribution is -0.119. The van der Waals surface area contributed by atoms with Gasteiger partial charge in [-0.3, -0.25) is 4.79 Å². The Kier molecular flexibility index (Phi) is 1.71. The van der Waals surface area contributed by atoms with Crippen LogP contribution in [0, 0.1) is 5.92 Å². The van der Waals surface area contributed by atoms with Crippen LogP contribution in [-0.2, 0) is 4.79 Å². The van der Waals surface area contributed by atoms with E-state index < -0.39 is 0 Å². The maximum atomic E-state index is 10.5. The molecule has 1 aliphatic rings. The average molecular weight is 128 g/mol. The minimum Gasteiger partial charge on any atom is -0.368 e. The quantitative estimate of drug-likeness (QED) is 0.498. The van der Waals surface area contributed by atoms with Gasteiger partial charge in [0.05, 0.1) is 6.04 Å². The van der Waals surface area contributed by atoms with Crippen LogP contribution < -0.4 is 11.1 Å². The van der Waals surface area contributed by atoms with Gasteiger partial charge in [0.15, 0.2) is 0 Å². The van der Waals surface area contributed by atoms with Crippen LogP contribution in [0.15, 0.2) is 0 Å². The Morgan fingerprint density at radius 3 is 2.67 bits per heavy atom. The zero-order chi connectivity index (χ0) is 6.85. The standard InChI is InChI=1S/C6H12N2O/c1-4-2-5(6(7)9)8-3-4/h4-5,8H,2-3H2,1H3,(H2,7,9). The summed E-state index contributed by atoms with van der Waals surface area (Å²) in [5.41, 5.74) is 5.06. The lowest BCUT2D eigenvalue weighted by Crippen LogP contribution is -2.36. The van der Waals surface area contributed by atoms with E-state index in [0.29, 0.717) is 5.92 Å². The summed E-state index contributed by atoms with van der Waals surface area (Å²) in [5, 5.41) is 3.03. The first kappa shape index (κ1) is 6.55. The Hall–Kier alpha value is -0.570. The molecule has 0 aliphatic carbocycles. The summed E-state index contributed by atoms with van der Waals surface area (Å²) < 4.78 is 0. The maximum Gasteiger partial charge on any atom is 0.234 e. The number of carbonyl (C=O) groups is 1. The monoisotopic (exact) mass is 128 g/mol. The molecule has 9 heavy (non-hydrogen) atoms. The maximum absolute atomic E-state index is 10.5. The second kappa shape index (κ2) is 2.35. The molecular weight excluding hydrogens is 116 g/mol. The molecule has 0 radical (unpaired) electrons. The van der Waals surface area contributed by atoms with Crippen LogP contribution in [0.1, 0.15) is 13.3 Å². The number of hydrogen-bond donors (Lipinski definition) is 2. The smallest absolute Gasteiger partial charge is 0.234 e. The molecule has 1 saturated heterocycles. The van der Waals surface area contributed by atoms with Crippen molar-refractivity contribution in [3.05, 3.63) is 0 Å². The highest BCUT2D eigenvalue weighted by Gasteiger charge is 2.24. The van der Waals surface area contributed by atoms with Crippen LogP contribution in [-0.4, -0.2) is 18.5 Å². The minimum atomic E-state index is -0.223. The molecule has 3 N–H and O–H groups in total. The molecule has 1 amide bonds. The Morgan fingerprint density at radius 2 is 2.44 bits per heavy atom. The normalized spacial score (nSPS) is 34.8. The van der Waals surface area contributed by atoms with Gasteiger partial charge in [-0.2, -0.15) is 0 Å². The molecule has 0 bridgehead atoms. The SMILES string of the molecule is CC1CNC(C(N)=O)C1. The second-order valence-electron chi connectivity index (χ2n) is 2.70. The number of rotatable bonds is 1. The zero-order valence-electron chi connectivity index (χ0n) is 5.55. The molecule has 0 aromatic rings.